The number of carbonyl (C=O) groups is 2. The van der Waals surface area contributed by atoms with Crippen LogP contribution < -0.4 is 5.32 Å². The first kappa shape index (κ1) is 17.1. The van der Waals surface area contributed by atoms with Crippen molar-refractivity contribution in [2.24, 2.45) is 5.92 Å². The van der Waals surface area contributed by atoms with Crippen molar-refractivity contribution in [1.29, 1.82) is 0 Å². The van der Waals surface area contributed by atoms with Gasteiger partial charge >= 0.3 is 0 Å². The van der Waals surface area contributed by atoms with Gasteiger partial charge < -0.3 is 14.8 Å². The van der Waals surface area contributed by atoms with Gasteiger partial charge in [0.2, 0.25) is 5.91 Å². The first-order chi connectivity index (χ1) is 10.4. The normalized spacial score (nSPS) is 16.1. The number of nitrogens with zero attached hydrogens (tertiary/aromatic N) is 2. The molecule has 0 saturated carbocycles. The summed E-state index contributed by atoms with van der Waals surface area (Å²) in [5.74, 6) is 0.200. The van der Waals surface area contributed by atoms with Crippen LogP contribution in [-0.2, 0) is 11.3 Å². The summed E-state index contributed by atoms with van der Waals surface area (Å²) >= 11 is 3.41. The summed E-state index contributed by atoms with van der Waals surface area (Å²) in [6, 6.07) is 1.98. The van der Waals surface area contributed by atoms with Gasteiger partial charge in [-0.1, -0.05) is 13.8 Å². The molecule has 122 valence electrons. The fraction of sp³-hybridized carbons (Fsp3) is 0.625. The Labute approximate surface area is 140 Å². The minimum atomic E-state index is -0.0406. The summed E-state index contributed by atoms with van der Waals surface area (Å²) in [4.78, 5) is 26.3. The molecule has 0 unspecified atom stereocenters. The van der Waals surface area contributed by atoms with Crippen LogP contribution in [0.4, 0.5) is 0 Å². The predicted molar refractivity (Wildman–Crippen MR) is 89.7 cm³/mol. The molecule has 1 aromatic heterocycles. The smallest absolute Gasteiger partial charge is 0.268 e. The van der Waals surface area contributed by atoms with E-state index in [4.69, 9.17) is 0 Å². The molecule has 1 aliphatic rings. The fourth-order valence-electron chi connectivity index (χ4n) is 2.80. The van der Waals surface area contributed by atoms with Crippen molar-refractivity contribution in [3.63, 3.8) is 0 Å². The summed E-state index contributed by atoms with van der Waals surface area (Å²) in [7, 11) is 0. The highest BCUT2D eigenvalue weighted by atomic mass is 79.9. The number of aryl methyl sites for hydroxylation is 1. The Morgan fingerprint density at radius 2 is 2.00 bits per heavy atom. The number of rotatable bonds is 4. The van der Waals surface area contributed by atoms with Gasteiger partial charge in [0.05, 0.1) is 0 Å². The summed E-state index contributed by atoms with van der Waals surface area (Å²) < 4.78 is 2.84. The van der Waals surface area contributed by atoms with Gasteiger partial charge in [0, 0.05) is 42.3 Å². The van der Waals surface area contributed by atoms with Crippen molar-refractivity contribution >= 4 is 27.7 Å². The molecule has 0 radical (unpaired) electrons. The Bertz CT molecular complexity index is 546. The molecule has 1 N–H and O–H groups in total. The van der Waals surface area contributed by atoms with Crippen molar-refractivity contribution in [3.05, 3.63) is 22.4 Å². The van der Waals surface area contributed by atoms with Crippen LogP contribution in [0.25, 0.3) is 0 Å². The number of likely N-dealkylation sites (tertiary alicyclic amines) is 1. The molecule has 2 heterocycles. The molecule has 2 rings (SSSR count). The summed E-state index contributed by atoms with van der Waals surface area (Å²) in [5, 5.41) is 3.09. The second-order valence-corrected chi connectivity index (χ2v) is 6.97. The molecule has 1 aromatic rings. The third-order valence-electron chi connectivity index (χ3n) is 4.07. The quantitative estimate of drug-likeness (QED) is 0.886. The second-order valence-electron chi connectivity index (χ2n) is 6.06. The highest BCUT2D eigenvalue weighted by molar-refractivity contribution is 9.10. The number of nitrogens with one attached hydrogen (secondary N) is 1. The van der Waals surface area contributed by atoms with E-state index in [0.717, 1.165) is 36.9 Å². The first-order valence-electron chi connectivity index (χ1n) is 7.87. The second kappa shape index (κ2) is 7.31. The third-order valence-corrected chi connectivity index (χ3v) is 4.51. The van der Waals surface area contributed by atoms with Crippen LogP contribution in [0.2, 0.25) is 0 Å². The van der Waals surface area contributed by atoms with Crippen LogP contribution in [0.3, 0.4) is 0 Å². The first-order valence-corrected chi connectivity index (χ1v) is 8.67. The molecular formula is C16H24BrN3O2. The van der Waals surface area contributed by atoms with Gasteiger partial charge in [-0.05, 0) is 41.8 Å². The lowest BCUT2D eigenvalue weighted by atomic mass is 10.0. The molecule has 0 spiro atoms. The third kappa shape index (κ3) is 3.91. The Morgan fingerprint density at radius 1 is 1.36 bits per heavy atom. The van der Waals surface area contributed by atoms with E-state index in [0.29, 0.717) is 5.69 Å². The number of aromatic nitrogens is 1. The van der Waals surface area contributed by atoms with Gasteiger partial charge in [-0.2, -0.15) is 0 Å². The molecule has 2 amide bonds. The van der Waals surface area contributed by atoms with Crippen LogP contribution in [0.1, 0.15) is 44.1 Å². The molecule has 0 aliphatic carbocycles. The Balaban J connectivity index is 1.90. The molecule has 0 bridgehead atoms. The topological polar surface area (TPSA) is 54.3 Å². The number of carbonyl (C=O) groups excluding carboxylic acids is 2. The number of amides is 2. The van der Waals surface area contributed by atoms with E-state index in [-0.39, 0.29) is 23.8 Å². The van der Waals surface area contributed by atoms with Crippen LogP contribution >= 0.6 is 15.9 Å². The predicted octanol–water partition coefficient (Wildman–Crippen LogP) is 2.65. The molecule has 6 heteroatoms. The molecule has 0 aromatic carbocycles. The van der Waals surface area contributed by atoms with Gasteiger partial charge in [-0.3, -0.25) is 9.59 Å². The van der Waals surface area contributed by atoms with Crippen LogP contribution in [-0.4, -0.2) is 40.4 Å². The van der Waals surface area contributed by atoms with Crippen molar-refractivity contribution in [3.8, 4) is 0 Å². The van der Waals surface area contributed by atoms with Crippen LogP contribution in [0.15, 0.2) is 16.7 Å². The van der Waals surface area contributed by atoms with E-state index in [9.17, 15) is 9.59 Å². The lowest BCUT2D eigenvalue weighted by Gasteiger charge is -2.33. The maximum Gasteiger partial charge on any atom is 0.268 e. The molecule has 22 heavy (non-hydrogen) atoms. The molecule has 1 saturated heterocycles. The van der Waals surface area contributed by atoms with Crippen molar-refractivity contribution in [1.82, 2.24) is 14.8 Å². The maximum atomic E-state index is 12.4. The van der Waals surface area contributed by atoms with Crippen molar-refractivity contribution in [2.45, 2.75) is 46.2 Å². The van der Waals surface area contributed by atoms with E-state index in [1.165, 1.54) is 0 Å². The van der Waals surface area contributed by atoms with Crippen LogP contribution in [0.5, 0.6) is 0 Å². The zero-order valence-electron chi connectivity index (χ0n) is 13.4. The van der Waals surface area contributed by atoms with Gasteiger partial charge in [0.25, 0.3) is 5.91 Å². The lowest BCUT2D eigenvalue weighted by molar-refractivity contribution is -0.135. The number of halogens is 1. The maximum absolute atomic E-state index is 12.4. The average Bonchev–Trinajstić information content (AvgIpc) is 2.88. The molecule has 1 fully saturated rings. The number of piperidine rings is 1. The standard InChI is InChI=1S/C16H24BrN3O2/c1-4-19-10-12(17)9-14(19)15(21)18-13-5-7-20(8-6-13)16(22)11(2)3/h9-11,13H,4-8H2,1-3H3,(H,18,21). The number of hydrogen-bond donors (Lipinski definition) is 1. The summed E-state index contributed by atoms with van der Waals surface area (Å²) in [6.07, 6.45) is 3.55. The minimum absolute atomic E-state index is 0.0383. The van der Waals surface area contributed by atoms with E-state index in [2.05, 4.69) is 21.2 Å². The SMILES string of the molecule is CCn1cc(Br)cc1C(=O)NC1CCN(C(=O)C(C)C)CC1. The molecule has 5 nitrogen and oxygen atoms in total. The molecule has 0 atom stereocenters. The Hall–Kier alpha value is -1.30. The minimum Gasteiger partial charge on any atom is -0.348 e. The zero-order chi connectivity index (χ0) is 16.3. The largest absolute Gasteiger partial charge is 0.348 e. The van der Waals surface area contributed by atoms with Crippen LogP contribution in [0, 0.1) is 5.92 Å². The van der Waals surface area contributed by atoms with Gasteiger partial charge in [-0.25, -0.2) is 0 Å². The Kier molecular flexibility index (Phi) is 5.67. The average molecular weight is 370 g/mol. The van der Waals surface area contributed by atoms with Gasteiger partial charge in [0.15, 0.2) is 0 Å². The van der Waals surface area contributed by atoms with Crippen molar-refractivity contribution in [2.75, 3.05) is 13.1 Å². The highest BCUT2D eigenvalue weighted by Crippen LogP contribution is 2.17. The zero-order valence-corrected chi connectivity index (χ0v) is 15.0. The Morgan fingerprint density at radius 3 is 2.55 bits per heavy atom. The molecule has 1 aliphatic heterocycles. The highest BCUT2D eigenvalue weighted by Gasteiger charge is 2.25. The van der Waals surface area contributed by atoms with E-state index in [1.807, 2.05) is 42.5 Å². The van der Waals surface area contributed by atoms with Gasteiger partial charge in [-0.15, -0.1) is 0 Å². The lowest BCUT2D eigenvalue weighted by Crippen LogP contribution is -2.47. The van der Waals surface area contributed by atoms with E-state index in [1.54, 1.807) is 0 Å². The monoisotopic (exact) mass is 369 g/mol. The van der Waals surface area contributed by atoms with Gasteiger partial charge in [0.1, 0.15) is 5.69 Å². The van der Waals surface area contributed by atoms with Crippen molar-refractivity contribution < 1.29 is 9.59 Å². The molecular weight excluding hydrogens is 346 g/mol. The summed E-state index contributed by atoms with van der Waals surface area (Å²) in [5.41, 5.74) is 0.676. The summed E-state index contributed by atoms with van der Waals surface area (Å²) in [6.45, 7) is 8.07. The fourth-order valence-corrected chi connectivity index (χ4v) is 3.26. The van der Waals surface area contributed by atoms with E-state index >= 15 is 0 Å². The van der Waals surface area contributed by atoms with E-state index < -0.39 is 0 Å². The number of hydrogen-bond acceptors (Lipinski definition) is 2.